The molecule has 3 heteroatoms. The van der Waals surface area contributed by atoms with Crippen LogP contribution in [0.4, 0.5) is 0 Å². The Morgan fingerprint density at radius 1 is 1.33 bits per heavy atom. The largest absolute Gasteiger partial charge is 0.490 e. The van der Waals surface area contributed by atoms with E-state index in [0.29, 0.717) is 16.5 Å². The van der Waals surface area contributed by atoms with Crippen molar-refractivity contribution in [1.29, 1.82) is 5.26 Å². The molecule has 0 amide bonds. The van der Waals surface area contributed by atoms with Crippen molar-refractivity contribution in [3.8, 4) is 11.8 Å². The third kappa shape index (κ3) is 3.40. The first-order chi connectivity index (χ1) is 8.20. The van der Waals surface area contributed by atoms with E-state index in [1.54, 1.807) is 12.1 Å². The standard InChI is InChI=1S/C14H16ClNO.CH4/c1-10-4-2-3-5-14(10)17-12-7-6-11(9-16)13(15)8-12;/h6-8,10,14H,2-5H2,1H3;1H4/t10-,14+;/m1./s1. The van der Waals surface area contributed by atoms with E-state index in [4.69, 9.17) is 21.6 Å². The molecule has 0 saturated heterocycles. The quantitative estimate of drug-likeness (QED) is 0.769. The summed E-state index contributed by atoms with van der Waals surface area (Å²) in [6, 6.07) is 7.32. The van der Waals surface area contributed by atoms with Crippen molar-refractivity contribution in [2.24, 2.45) is 5.92 Å². The second-order valence-electron chi connectivity index (χ2n) is 4.67. The molecule has 2 nitrogen and oxygen atoms in total. The lowest BCUT2D eigenvalue weighted by Crippen LogP contribution is -2.28. The zero-order valence-electron chi connectivity index (χ0n) is 9.95. The fourth-order valence-corrected chi connectivity index (χ4v) is 2.50. The molecule has 0 spiro atoms. The maximum Gasteiger partial charge on any atom is 0.121 e. The second-order valence-corrected chi connectivity index (χ2v) is 5.08. The van der Waals surface area contributed by atoms with Gasteiger partial charge in [-0.15, -0.1) is 0 Å². The number of nitriles is 1. The fraction of sp³-hybridized carbons (Fsp3) is 0.533. The first-order valence-electron chi connectivity index (χ1n) is 6.07. The third-order valence-corrected chi connectivity index (χ3v) is 3.69. The monoisotopic (exact) mass is 265 g/mol. The maximum atomic E-state index is 8.80. The molecule has 0 N–H and O–H groups in total. The molecule has 0 unspecified atom stereocenters. The van der Waals surface area contributed by atoms with Crippen LogP contribution in [0.2, 0.25) is 5.02 Å². The van der Waals surface area contributed by atoms with Crippen LogP contribution in [0.15, 0.2) is 18.2 Å². The van der Waals surface area contributed by atoms with E-state index in [1.165, 1.54) is 19.3 Å². The molecule has 0 aliphatic heterocycles. The van der Waals surface area contributed by atoms with E-state index in [1.807, 2.05) is 12.1 Å². The summed E-state index contributed by atoms with van der Waals surface area (Å²) in [5.74, 6) is 1.37. The highest BCUT2D eigenvalue weighted by Crippen LogP contribution is 2.29. The lowest BCUT2D eigenvalue weighted by molar-refractivity contribution is 0.102. The van der Waals surface area contributed by atoms with Gasteiger partial charge in [-0.25, -0.2) is 0 Å². The minimum Gasteiger partial charge on any atom is -0.490 e. The van der Waals surface area contributed by atoms with Gasteiger partial charge in [0.05, 0.1) is 10.6 Å². The van der Waals surface area contributed by atoms with Crippen molar-refractivity contribution in [2.45, 2.75) is 46.1 Å². The number of halogens is 1. The molecule has 1 aromatic carbocycles. The van der Waals surface area contributed by atoms with E-state index in [2.05, 4.69) is 6.92 Å². The van der Waals surface area contributed by atoms with Crippen LogP contribution < -0.4 is 4.74 Å². The lowest BCUT2D eigenvalue weighted by atomic mass is 9.88. The van der Waals surface area contributed by atoms with Crippen LogP contribution in [0.5, 0.6) is 5.75 Å². The molecular weight excluding hydrogens is 246 g/mol. The van der Waals surface area contributed by atoms with Gasteiger partial charge in [-0.2, -0.15) is 5.26 Å². The van der Waals surface area contributed by atoms with Crippen molar-refractivity contribution in [2.75, 3.05) is 0 Å². The first kappa shape index (κ1) is 14.9. The average molecular weight is 266 g/mol. The van der Waals surface area contributed by atoms with Gasteiger partial charge in [0.1, 0.15) is 17.9 Å². The van der Waals surface area contributed by atoms with E-state index in [0.717, 1.165) is 12.2 Å². The fourth-order valence-electron chi connectivity index (χ4n) is 2.29. The van der Waals surface area contributed by atoms with Gasteiger partial charge in [0.2, 0.25) is 0 Å². The Morgan fingerprint density at radius 2 is 2.06 bits per heavy atom. The summed E-state index contributed by atoms with van der Waals surface area (Å²) < 4.78 is 5.95. The molecular formula is C15H20ClNO. The molecule has 0 heterocycles. The van der Waals surface area contributed by atoms with Crippen LogP contribution >= 0.6 is 11.6 Å². The summed E-state index contributed by atoms with van der Waals surface area (Å²) in [6.45, 7) is 2.23. The Kier molecular flexibility index (Phi) is 5.50. The number of nitrogens with zero attached hydrogens (tertiary/aromatic N) is 1. The molecule has 1 aliphatic rings. The van der Waals surface area contributed by atoms with E-state index < -0.39 is 0 Å². The second kappa shape index (κ2) is 6.66. The molecule has 98 valence electrons. The van der Waals surface area contributed by atoms with Crippen molar-refractivity contribution in [3.63, 3.8) is 0 Å². The zero-order valence-corrected chi connectivity index (χ0v) is 10.7. The molecule has 0 aromatic heterocycles. The Bertz CT molecular complexity index is 439. The van der Waals surface area contributed by atoms with Crippen LogP contribution in [0.3, 0.4) is 0 Å². The Morgan fingerprint density at radius 3 is 2.67 bits per heavy atom. The zero-order chi connectivity index (χ0) is 12.3. The molecule has 1 aliphatic carbocycles. The predicted molar refractivity (Wildman–Crippen MR) is 74.9 cm³/mol. The molecule has 1 fully saturated rings. The predicted octanol–water partition coefficient (Wildman–Crippen LogP) is 4.81. The summed E-state index contributed by atoms with van der Waals surface area (Å²) in [4.78, 5) is 0. The van der Waals surface area contributed by atoms with Crippen molar-refractivity contribution >= 4 is 11.6 Å². The summed E-state index contributed by atoms with van der Waals surface area (Å²) in [6.07, 6.45) is 5.16. The smallest absolute Gasteiger partial charge is 0.121 e. The molecule has 2 rings (SSSR count). The van der Waals surface area contributed by atoms with Gasteiger partial charge < -0.3 is 4.74 Å². The third-order valence-electron chi connectivity index (χ3n) is 3.38. The molecule has 18 heavy (non-hydrogen) atoms. The van der Waals surface area contributed by atoms with E-state index in [9.17, 15) is 0 Å². The van der Waals surface area contributed by atoms with Gasteiger partial charge >= 0.3 is 0 Å². The Balaban J connectivity index is 0.00000162. The van der Waals surface area contributed by atoms with Gasteiger partial charge in [0.15, 0.2) is 0 Å². The Hall–Kier alpha value is -1.20. The summed E-state index contributed by atoms with van der Waals surface area (Å²) in [7, 11) is 0. The topological polar surface area (TPSA) is 33.0 Å². The SMILES string of the molecule is C.C[C@@H]1CCCC[C@@H]1Oc1ccc(C#N)c(Cl)c1. The summed E-state index contributed by atoms with van der Waals surface area (Å²) >= 11 is 5.98. The van der Waals surface area contributed by atoms with Gasteiger partial charge in [0, 0.05) is 6.07 Å². The molecule has 2 atom stereocenters. The molecule has 0 bridgehead atoms. The van der Waals surface area contributed by atoms with E-state index >= 15 is 0 Å². The number of ether oxygens (including phenoxy) is 1. The number of rotatable bonds is 2. The van der Waals surface area contributed by atoms with Crippen molar-refractivity contribution in [1.82, 2.24) is 0 Å². The number of benzene rings is 1. The molecule has 0 radical (unpaired) electrons. The average Bonchev–Trinajstić information content (AvgIpc) is 2.32. The Labute approximate surface area is 115 Å². The summed E-state index contributed by atoms with van der Waals surface area (Å²) in [5, 5.41) is 9.26. The number of hydrogen-bond acceptors (Lipinski definition) is 2. The first-order valence-corrected chi connectivity index (χ1v) is 6.45. The summed E-state index contributed by atoms with van der Waals surface area (Å²) in [5.41, 5.74) is 0.496. The van der Waals surface area contributed by atoms with Gasteiger partial charge in [0.25, 0.3) is 0 Å². The number of hydrogen-bond donors (Lipinski definition) is 0. The van der Waals surface area contributed by atoms with Gasteiger partial charge in [-0.05, 0) is 37.3 Å². The van der Waals surface area contributed by atoms with Gasteiger partial charge in [-0.3, -0.25) is 0 Å². The van der Waals surface area contributed by atoms with Crippen LogP contribution in [0, 0.1) is 17.2 Å². The minimum absolute atomic E-state index is 0. The van der Waals surface area contributed by atoms with Crippen LogP contribution in [-0.2, 0) is 0 Å². The van der Waals surface area contributed by atoms with E-state index in [-0.39, 0.29) is 13.5 Å². The van der Waals surface area contributed by atoms with Crippen LogP contribution in [0.25, 0.3) is 0 Å². The maximum absolute atomic E-state index is 8.80. The van der Waals surface area contributed by atoms with Crippen LogP contribution in [0.1, 0.15) is 45.6 Å². The van der Waals surface area contributed by atoms with Crippen molar-refractivity contribution < 1.29 is 4.74 Å². The molecule has 1 saturated carbocycles. The van der Waals surface area contributed by atoms with Gasteiger partial charge in [-0.1, -0.05) is 32.4 Å². The highest BCUT2D eigenvalue weighted by molar-refractivity contribution is 6.31. The molecule has 1 aromatic rings. The lowest BCUT2D eigenvalue weighted by Gasteiger charge is -2.29. The minimum atomic E-state index is 0. The van der Waals surface area contributed by atoms with Crippen LogP contribution in [-0.4, -0.2) is 6.10 Å². The highest BCUT2D eigenvalue weighted by atomic mass is 35.5. The normalized spacial score (nSPS) is 22.7. The highest BCUT2D eigenvalue weighted by Gasteiger charge is 2.22. The van der Waals surface area contributed by atoms with Crippen molar-refractivity contribution in [3.05, 3.63) is 28.8 Å².